The number of hydrogen-bond acceptors (Lipinski definition) is 3. The zero-order valence-corrected chi connectivity index (χ0v) is 9.03. The van der Waals surface area contributed by atoms with Gasteiger partial charge in [0.05, 0.1) is 18.2 Å². The largest absolute Gasteiger partial charge is 0.465 e. The van der Waals surface area contributed by atoms with Gasteiger partial charge < -0.3 is 4.74 Å². The minimum Gasteiger partial charge on any atom is -0.465 e. The Morgan fingerprint density at radius 2 is 2.31 bits per heavy atom. The summed E-state index contributed by atoms with van der Waals surface area (Å²) in [6.07, 6.45) is 0. The van der Waals surface area contributed by atoms with Crippen molar-refractivity contribution < 1.29 is 9.53 Å². The summed E-state index contributed by atoms with van der Waals surface area (Å²) in [6, 6.07) is 7.03. The molecule has 0 heterocycles. The second-order valence-corrected chi connectivity index (χ2v) is 3.43. The minimum absolute atomic E-state index is 0.317. The van der Waals surface area contributed by atoms with Crippen molar-refractivity contribution in [3.63, 3.8) is 0 Å². The Morgan fingerprint density at radius 3 is 2.85 bits per heavy atom. The topological polar surface area (TPSA) is 50.1 Å². The van der Waals surface area contributed by atoms with Crippen LogP contribution in [0.4, 0.5) is 0 Å². The number of carbonyl (C=O) groups is 1. The van der Waals surface area contributed by atoms with Gasteiger partial charge in [0.15, 0.2) is 0 Å². The average molecular weight is 287 g/mol. The number of methoxy groups -OCH3 is 1. The van der Waals surface area contributed by atoms with Crippen molar-refractivity contribution in [2.24, 2.45) is 0 Å². The van der Waals surface area contributed by atoms with Crippen molar-refractivity contribution in [2.45, 2.75) is 0 Å². The summed E-state index contributed by atoms with van der Waals surface area (Å²) >= 11 is 2.01. The molecule has 0 aromatic heterocycles. The zero-order valence-electron chi connectivity index (χ0n) is 6.87. The van der Waals surface area contributed by atoms with E-state index in [1.54, 1.807) is 18.2 Å². The van der Waals surface area contributed by atoms with Gasteiger partial charge in [-0.25, -0.2) is 4.79 Å². The van der Waals surface area contributed by atoms with Crippen LogP contribution in [0.15, 0.2) is 18.2 Å². The van der Waals surface area contributed by atoms with E-state index in [1.165, 1.54) is 7.11 Å². The molecular formula is C9H6INO2. The Bertz CT molecular complexity index is 382. The molecule has 3 nitrogen and oxygen atoms in total. The van der Waals surface area contributed by atoms with Gasteiger partial charge in [-0.2, -0.15) is 5.26 Å². The summed E-state index contributed by atoms with van der Waals surface area (Å²) in [4.78, 5) is 11.2. The molecule has 0 radical (unpaired) electrons. The first-order chi connectivity index (χ1) is 6.20. The van der Waals surface area contributed by atoms with Gasteiger partial charge in [0.2, 0.25) is 0 Å². The van der Waals surface area contributed by atoms with Crippen LogP contribution < -0.4 is 0 Å². The third-order valence-electron chi connectivity index (χ3n) is 1.53. The lowest BCUT2D eigenvalue weighted by molar-refractivity contribution is 0.0600. The summed E-state index contributed by atoms with van der Waals surface area (Å²) in [7, 11) is 1.29. The molecule has 1 aromatic rings. The van der Waals surface area contributed by atoms with Crippen LogP contribution in [0.5, 0.6) is 0 Å². The van der Waals surface area contributed by atoms with Crippen LogP contribution in [0.25, 0.3) is 0 Å². The van der Waals surface area contributed by atoms with Gasteiger partial charge in [-0.05, 0) is 34.7 Å². The van der Waals surface area contributed by atoms with Crippen molar-refractivity contribution in [3.05, 3.63) is 32.9 Å². The number of esters is 1. The first-order valence-corrected chi connectivity index (χ1v) is 4.55. The van der Waals surface area contributed by atoms with Crippen LogP contribution in [0.3, 0.4) is 0 Å². The predicted octanol–water partition coefficient (Wildman–Crippen LogP) is 1.95. The highest BCUT2D eigenvalue weighted by molar-refractivity contribution is 14.1. The molecule has 0 N–H and O–H groups in total. The Balaban J connectivity index is 3.30. The standard InChI is InChI=1S/C9H6INO2/c1-13-9(12)6-3-2-4-8(10)7(6)5-11/h2-4H,1H3. The molecule has 0 aliphatic carbocycles. The summed E-state index contributed by atoms with van der Waals surface area (Å²) < 4.78 is 5.29. The Morgan fingerprint density at radius 1 is 1.62 bits per heavy atom. The van der Waals surface area contributed by atoms with Crippen molar-refractivity contribution >= 4 is 28.6 Å². The molecule has 0 spiro atoms. The number of rotatable bonds is 1. The highest BCUT2D eigenvalue weighted by atomic mass is 127. The first-order valence-electron chi connectivity index (χ1n) is 3.47. The molecule has 0 bridgehead atoms. The van der Waals surface area contributed by atoms with Crippen LogP contribution in [-0.2, 0) is 4.74 Å². The van der Waals surface area contributed by atoms with Gasteiger partial charge in [0.25, 0.3) is 0 Å². The second kappa shape index (κ2) is 4.23. The second-order valence-electron chi connectivity index (χ2n) is 2.27. The molecule has 0 unspecified atom stereocenters. The zero-order chi connectivity index (χ0) is 9.84. The van der Waals surface area contributed by atoms with E-state index in [9.17, 15) is 4.79 Å². The Hall–Kier alpha value is -1.09. The van der Waals surface area contributed by atoms with E-state index in [4.69, 9.17) is 5.26 Å². The van der Waals surface area contributed by atoms with Crippen molar-refractivity contribution in [1.82, 2.24) is 0 Å². The fourth-order valence-corrected chi connectivity index (χ4v) is 1.54. The maximum Gasteiger partial charge on any atom is 0.339 e. The molecule has 0 saturated heterocycles. The number of nitriles is 1. The van der Waals surface area contributed by atoms with Crippen molar-refractivity contribution in [1.29, 1.82) is 5.26 Å². The van der Waals surface area contributed by atoms with E-state index in [1.807, 2.05) is 28.7 Å². The van der Waals surface area contributed by atoms with E-state index >= 15 is 0 Å². The highest BCUT2D eigenvalue weighted by Gasteiger charge is 2.13. The van der Waals surface area contributed by atoms with Gasteiger partial charge in [-0.1, -0.05) is 6.07 Å². The number of nitrogens with zero attached hydrogens (tertiary/aromatic N) is 1. The van der Waals surface area contributed by atoms with Crippen molar-refractivity contribution in [3.8, 4) is 6.07 Å². The number of halogens is 1. The maximum atomic E-state index is 11.2. The van der Waals surface area contributed by atoms with E-state index in [-0.39, 0.29) is 0 Å². The van der Waals surface area contributed by atoms with Crippen LogP contribution in [0, 0.1) is 14.9 Å². The lowest BCUT2D eigenvalue weighted by Crippen LogP contribution is -2.04. The van der Waals surface area contributed by atoms with Crippen LogP contribution in [0.1, 0.15) is 15.9 Å². The number of benzene rings is 1. The molecular weight excluding hydrogens is 281 g/mol. The molecule has 0 saturated carbocycles. The van der Waals surface area contributed by atoms with Gasteiger partial charge >= 0.3 is 5.97 Å². The summed E-state index contributed by atoms with van der Waals surface area (Å²) in [6.45, 7) is 0. The van der Waals surface area contributed by atoms with Gasteiger partial charge in [0, 0.05) is 3.57 Å². The summed E-state index contributed by atoms with van der Waals surface area (Å²) in [5.41, 5.74) is 0.687. The molecule has 0 atom stereocenters. The molecule has 13 heavy (non-hydrogen) atoms. The Labute approximate surface area is 89.5 Å². The number of hydrogen-bond donors (Lipinski definition) is 0. The van der Waals surface area contributed by atoms with Gasteiger partial charge in [-0.15, -0.1) is 0 Å². The van der Waals surface area contributed by atoms with Gasteiger partial charge in [-0.3, -0.25) is 0 Å². The lowest BCUT2D eigenvalue weighted by atomic mass is 10.1. The molecule has 66 valence electrons. The SMILES string of the molecule is COC(=O)c1cccc(I)c1C#N. The van der Waals surface area contributed by atoms with Crippen molar-refractivity contribution in [2.75, 3.05) is 7.11 Å². The fourth-order valence-electron chi connectivity index (χ4n) is 0.918. The maximum absolute atomic E-state index is 11.2. The van der Waals surface area contributed by atoms with Crippen LogP contribution >= 0.6 is 22.6 Å². The van der Waals surface area contributed by atoms with E-state index in [0.29, 0.717) is 11.1 Å². The lowest BCUT2D eigenvalue weighted by Gasteiger charge is -2.02. The molecule has 0 aliphatic heterocycles. The first kappa shape index (κ1) is 9.99. The molecule has 0 fully saturated rings. The molecule has 1 aromatic carbocycles. The van der Waals surface area contributed by atoms with Crippen LogP contribution in [-0.4, -0.2) is 13.1 Å². The minimum atomic E-state index is -0.477. The normalized spacial score (nSPS) is 9.00. The smallest absolute Gasteiger partial charge is 0.339 e. The predicted molar refractivity (Wildman–Crippen MR) is 55.2 cm³/mol. The molecule has 4 heteroatoms. The fraction of sp³-hybridized carbons (Fsp3) is 0.111. The quantitative estimate of drug-likeness (QED) is 0.586. The van der Waals surface area contributed by atoms with E-state index in [0.717, 1.165) is 3.57 Å². The molecule has 0 amide bonds. The average Bonchev–Trinajstić information content (AvgIpc) is 2.16. The third kappa shape index (κ3) is 1.98. The summed E-state index contributed by atoms with van der Waals surface area (Å²) in [5.74, 6) is -0.477. The third-order valence-corrected chi connectivity index (χ3v) is 2.43. The number of ether oxygens (including phenoxy) is 1. The molecule has 0 aliphatic rings. The monoisotopic (exact) mass is 287 g/mol. The number of carbonyl (C=O) groups excluding carboxylic acids is 1. The Kier molecular flexibility index (Phi) is 3.25. The van der Waals surface area contributed by atoms with Crippen LogP contribution in [0.2, 0.25) is 0 Å². The molecule has 1 rings (SSSR count). The van der Waals surface area contributed by atoms with E-state index < -0.39 is 5.97 Å². The van der Waals surface area contributed by atoms with Gasteiger partial charge in [0.1, 0.15) is 6.07 Å². The summed E-state index contributed by atoms with van der Waals surface area (Å²) in [5, 5.41) is 8.78. The van der Waals surface area contributed by atoms with E-state index in [2.05, 4.69) is 4.74 Å². The highest BCUT2D eigenvalue weighted by Crippen LogP contribution is 2.16.